The molecule has 2 aromatic rings. The number of carbonyl (C=O) groups is 1. The summed E-state index contributed by atoms with van der Waals surface area (Å²) in [7, 11) is 3.75. The Hall–Kier alpha value is -1.33. The fourth-order valence-corrected chi connectivity index (χ4v) is 1.76. The van der Waals surface area contributed by atoms with E-state index in [4.69, 9.17) is 10.2 Å². The molecule has 0 aliphatic carbocycles. The quantitative estimate of drug-likeness (QED) is 0.617. The average Bonchev–Trinajstić information content (AvgIpc) is 2.68. The van der Waals surface area contributed by atoms with Gasteiger partial charge in [0.1, 0.15) is 11.3 Å². The second kappa shape index (κ2) is 8.72. The Bertz CT molecular complexity index is 536. The molecule has 1 aromatic heterocycles. The normalized spacial score (nSPS) is 9.16. The lowest BCUT2D eigenvalue weighted by atomic mass is 10.1. The molecule has 0 saturated carbocycles. The molecule has 0 aliphatic heterocycles. The Balaban J connectivity index is 0.000000573. The average molecular weight is 329 g/mol. The van der Waals surface area contributed by atoms with Gasteiger partial charge in [0.15, 0.2) is 6.29 Å². The van der Waals surface area contributed by atoms with Crippen molar-refractivity contribution in [2.75, 3.05) is 19.8 Å². The molecule has 0 atom stereocenters. The second-order valence-electron chi connectivity index (χ2n) is 3.56. The van der Waals surface area contributed by atoms with E-state index < -0.39 is 0 Å². The van der Waals surface area contributed by atoms with Gasteiger partial charge in [-0.3, -0.25) is 4.79 Å². The number of fused-ring (bicyclic) bond motifs is 1. The van der Waals surface area contributed by atoms with Crippen LogP contribution in [0.25, 0.3) is 11.0 Å². The molecule has 0 unspecified atom stereocenters. The van der Waals surface area contributed by atoms with Crippen molar-refractivity contribution in [3.63, 3.8) is 0 Å². The van der Waals surface area contributed by atoms with Gasteiger partial charge in [-0.2, -0.15) is 0 Å². The molecular formula is C14H21BrN2O2. The highest BCUT2D eigenvalue weighted by Crippen LogP contribution is 2.31. The van der Waals surface area contributed by atoms with E-state index in [0.29, 0.717) is 22.6 Å². The molecule has 0 saturated heterocycles. The van der Waals surface area contributed by atoms with Gasteiger partial charge in [0.2, 0.25) is 0 Å². The number of halogens is 1. The van der Waals surface area contributed by atoms with Crippen LogP contribution in [0.3, 0.4) is 0 Å². The number of nitrogen functional groups attached to an aromatic ring is 1. The number of carbonyl (C=O) groups excluding carboxylic acids is 1. The first-order valence-electron chi connectivity index (χ1n) is 6.06. The van der Waals surface area contributed by atoms with E-state index in [1.54, 1.807) is 19.1 Å². The van der Waals surface area contributed by atoms with Gasteiger partial charge in [-0.15, -0.1) is 0 Å². The largest absolute Gasteiger partial charge is 0.461 e. The molecule has 4 nitrogen and oxygen atoms in total. The Morgan fingerprint density at radius 1 is 1.32 bits per heavy atom. The maximum absolute atomic E-state index is 10.8. The van der Waals surface area contributed by atoms with Crippen molar-refractivity contribution in [3.05, 3.63) is 27.9 Å². The molecule has 0 spiro atoms. The molecule has 0 radical (unpaired) electrons. The van der Waals surface area contributed by atoms with Gasteiger partial charge in [-0.25, -0.2) is 0 Å². The molecule has 2 rings (SSSR count). The first-order chi connectivity index (χ1) is 9.04. The highest BCUT2D eigenvalue weighted by atomic mass is 79.9. The van der Waals surface area contributed by atoms with Gasteiger partial charge in [0.05, 0.1) is 5.56 Å². The number of hydrogen-bond donors (Lipinski definition) is 2. The Morgan fingerprint density at radius 2 is 1.84 bits per heavy atom. The van der Waals surface area contributed by atoms with Crippen LogP contribution in [0.15, 0.2) is 21.0 Å². The summed E-state index contributed by atoms with van der Waals surface area (Å²) >= 11 is 3.31. The van der Waals surface area contributed by atoms with Gasteiger partial charge in [-0.05, 0) is 43.0 Å². The molecule has 19 heavy (non-hydrogen) atoms. The maximum atomic E-state index is 10.8. The number of nitrogens with one attached hydrogen (secondary N) is 1. The smallest absolute Gasteiger partial charge is 0.154 e. The minimum Gasteiger partial charge on any atom is -0.461 e. The predicted octanol–water partition coefficient (Wildman–Crippen LogP) is 3.76. The van der Waals surface area contributed by atoms with Crippen molar-refractivity contribution in [1.82, 2.24) is 5.32 Å². The number of rotatable bonds is 1. The van der Waals surface area contributed by atoms with E-state index in [2.05, 4.69) is 21.2 Å². The van der Waals surface area contributed by atoms with E-state index in [9.17, 15) is 4.79 Å². The zero-order chi connectivity index (χ0) is 15.0. The van der Waals surface area contributed by atoms with E-state index in [0.717, 1.165) is 16.1 Å². The van der Waals surface area contributed by atoms with Crippen LogP contribution in [0, 0.1) is 6.92 Å². The molecule has 0 bridgehead atoms. The number of nitrogens with two attached hydrogens (primary N) is 1. The van der Waals surface area contributed by atoms with Gasteiger partial charge in [0.25, 0.3) is 0 Å². The number of aryl methyl sites for hydroxylation is 1. The third kappa shape index (κ3) is 4.36. The molecule has 0 fully saturated rings. The van der Waals surface area contributed by atoms with Crippen LogP contribution in [0.4, 0.5) is 5.69 Å². The minimum absolute atomic E-state index is 0.584. The van der Waals surface area contributed by atoms with Crippen molar-refractivity contribution < 1.29 is 9.21 Å². The van der Waals surface area contributed by atoms with Crippen LogP contribution in [-0.4, -0.2) is 20.4 Å². The monoisotopic (exact) mass is 328 g/mol. The zero-order valence-corrected chi connectivity index (χ0v) is 13.6. The summed E-state index contributed by atoms with van der Waals surface area (Å²) in [4.78, 5) is 10.8. The highest BCUT2D eigenvalue weighted by molar-refractivity contribution is 9.10. The molecule has 3 N–H and O–H groups in total. The number of anilines is 1. The van der Waals surface area contributed by atoms with E-state index in [1.807, 2.05) is 27.9 Å². The van der Waals surface area contributed by atoms with Crippen molar-refractivity contribution >= 4 is 38.9 Å². The minimum atomic E-state index is 0.584. The first-order valence-corrected chi connectivity index (χ1v) is 6.86. The van der Waals surface area contributed by atoms with E-state index in [-0.39, 0.29) is 0 Å². The number of benzene rings is 1. The summed E-state index contributed by atoms with van der Waals surface area (Å²) in [5.41, 5.74) is 7.52. The lowest BCUT2D eigenvalue weighted by molar-refractivity contribution is 0.112. The van der Waals surface area contributed by atoms with Crippen LogP contribution >= 0.6 is 15.9 Å². The Labute approximate surface area is 122 Å². The number of furan rings is 1. The fraction of sp³-hybridized carbons (Fsp3) is 0.357. The summed E-state index contributed by atoms with van der Waals surface area (Å²) in [6.45, 7) is 5.76. The van der Waals surface area contributed by atoms with Crippen LogP contribution in [0.2, 0.25) is 0 Å². The van der Waals surface area contributed by atoms with Crippen molar-refractivity contribution in [3.8, 4) is 0 Å². The molecule has 0 aliphatic rings. The molecular weight excluding hydrogens is 308 g/mol. The van der Waals surface area contributed by atoms with Gasteiger partial charge >= 0.3 is 0 Å². The van der Waals surface area contributed by atoms with Crippen LogP contribution in [-0.2, 0) is 0 Å². The van der Waals surface area contributed by atoms with E-state index in [1.165, 1.54) is 0 Å². The molecule has 106 valence electrons. The van der Waals surface area contributed by atoms with Crippen molar-refractivity contribution in [2.24, 2.45) is 0 Å². The molecule has 5 heteroatoms. The summed E-state index contributed by atoms with van der Waals surface area (Å²) in [5.74, 6) is 0.618. The first kappa shape index (κ1) is 17.7. The van der Waals surface area contributed by atoms with E-state index >= 15 is 0 Å². The molecule has 1 heterocycles. The molecule has 0 amide bonds. The summed E-state index contributed by atoms with van der Waals surface area (Å²) < 4.78 is 6.17. The van der Waals surface area contributed by atoms with Crippen LogP contribution < -0.4 is 11.1 Å². The van der Waals surface area contributed by atoms with Crippen LogP contribution in [0.5, 0.6) is 0 Å². The number of aldehydes is 1. The van der Waals surface area contributed by atoms with Crippen LogP contribution in [0.1, 0.15) is 30.0 Å². The summed E-state index contributed by atoms with van der Waals surface area (Å²) in [6.07, 6.45) is 0.795. The standard InChI is InChI=1S/C10H8BrNO2.C2H7N.C2H6/c1-5-7(4-13)6-2-8(11)9(12)3-10(6)14-5;1-3-2;1-2/h2-4H,12H2,1H3;3H,1-2H3;1-2H3. The predicted molar refractivity (Wildman–Crippen MR) is 84.8 cm³/mol. The van der Waals surface area contributed by atoms with Gasteiger partial charge < -0.3 is 15.5 Å². The topological polar surface area (TPSA) is 68.3 Å². The third-order valence-electron chi connectivity index (χ3n) is 2.15. The Kier molecular flexibility index (Phi) is 8.11. The molecule has 1 aromatic carbocycles. The summed E-state index contributed by atoms with van der Waals surface area (Å²) in [5, 5.41) is 3.54. The van der Waals surface area contributed by atoms with Gasteiger partial charge in [0, 0.05) is 21.6 Å². The highest BCUT2D eigenvalue weighted by Gasteiger charge is 2.11. The third-order valence-corrected chi connectivity index (χ3v) is 2.84. The lowest BCUT2D eigenvalue weighted by Crippen LogP contribution is -1.89. The van der Waals surface area contributed by atoms with Crippen molar-refractivity contribution in [1.29, 1.82) is 0 Å². The van der Waals surface area contributed by atoms with Crippen molar-refractivity contribution in [2.45, 2.75) is 20.8 Å². The fourth-order valence-electron chi connectivity index (χ4n) is 1.42. The van der Waals surface area contributed by atoms with Gasteiger partial charge in [-0.1, -0.05) is 13.8 Å². The summed E-state index contributed by atoms with van der Waals surface area (Å²) in [6, 6.07) is 3.50. The maximum Gasteiger partial charge on any atom is 0.154 e. The Morgan fingerprint density at radius 3 is 2.32 bits per heavy atom. The number of hydrogen-bond acceptors (Lipinski definition) is 4. The lowest BCUT2D eigenvalue weighted by Gasteiger charge is -1.96. The second-order valence-corrected chi connectivity index (χ2v) is 4.41. The SMILES string of the molecule is CC.CNC.Cc1oc2cc(N)c(Br)cc2c1C=O. The zero-order valence-electron chi connectivity index (χ0n) is 12.0.